The van der Waals surface area contributed by atoms with Gasteiger partial charge in [-0.3, -0.25) is 10.1 Å². The van der Waals surface area contributed by atoms with Gasteiger partial charge in [0.2, 0.25) is 0 Å². The Morgan fingerprint density at radius 2 is 2.04 bits per heavy atom. The third-order valence-corrected chi connectivity index (χ3v) is 4.05. The van der Waals surface area contributed by atoms with E-state index in [0.717, 1.165) is 12.8 Å². The molecule has 0 bridgehead atoms. The Bertz CT molecular complexity index is 728. The molecule has 1 aliphatic rings. The normalized spacial score (nSPS) is 17.2. The Kier molecular flexibility index (Phi) is 6.24. The van der Waals surface area contributed by atoms with E-state index in [1.165, 1.54) is 25.3 Å². The maximum atomic E-state index is 12.3. The molecule has 1 fully saturated rings. The lowest BCUT2D eigenvalue weighted by Gasteiger charge is -2.34. The van der Waals surface area contributed by atoms with Crippen LogP contribution in [-0.2, 0) is 9.47 Å². The zero-order valence-electron chi connectivity index (χ0n) is 16.0. The molecule has 1 aromatic rings. The molecule has 1 amide bonds. The molecule has 2 rings (SSSR count). The minimum absolute atomic E-state index is 0.105. The van der Waals surface area contributed by atoms with Crippen LogP contribution >= 0.6 is 0 Å². The minimum atomic E-state index is -0.640. The quantitative estimate of drug-likeness (QED) is 0.486. The van der Waals surface area contributed by atoms with Crippen LogP contribution in [0.5, 0.6) is 0 Å². The summed E-state index contributed by atoms with van der Waals surface area (Å²) in [6, 6.07) is 3.98. The summed E-state index contributed by atoms with van der Waals surface area (Å²) >= 11 is 0. The molecular formula is C18H25N3O6. The van der Waals surface area contributed by atoms with Crippen molar-refractivity contribution in [1.29, 1.82) is 0 Å². The van der Waals surface area contributed by atoms with Crippen LogP contribution in [0.1, 0.15) is 44.0 Å². The molecule has 9 heteroatoms. The maximum absolute atomic E-state index is 12.3. The van der Waals surface area contributed by atoms with E-state index >= 15 is 0 Å². The summed E-state index contributed by atoms with van der Waals surface area (Å²) in [6.45, 7) is 6.37. The molecule has 0 spiro atoms. The first-order valence-corrected chi connectivity index (χ1v) is 8.72. The molecule has 1 N–H and O–H groups in total. The van der Waals surface area contributed by atoms with E-state index in [1.54, 1.807) is 25.7 Å². The van der Waals surface area contributed by atoms with Gasteiger partial charge in [-0.2, -0.15) is 0 Å². The van der Waals surface area contributed by atoms with Gasteiger partial charge in [-0.25, -0.2) is 9.59 Å². The molecule has 1 aliphatic heterocycles. The number of carbonyl (C=O) groups is 2. The van der Waals surface area contributed by atoms with Crippen molar-refractivity contribution in [2.75, 3.05) is 25.5 Å². The number of piperidine rings is 1. The van der Waals surface area contributed by atoms with Gasteiger partial charge in [0.25, 0.3) is 5.69 Å². The molecule has 0 aliphatic carbocycles. The van der Waals surface area contributed by atoms with Crippen molar-refractivity contribution in [2.24, 2.45) is 0 Å². The number of nitrogens with zero attached hydrogens (tertiary/aromatic N) is 2. The number of hydrogen-bond acceptors (Lipinski definition) is 7. The molecule has 1 unspecified atom stereocenters. The number of ether oxygens (including phenoxy) is 2. The van der Waals surface area contributed by atoms with Gasteiger partial charge >= 0.3 is 12.1 Å². The molecule has 0 saturated carbocycles. The fraction of sp³-hybridized carbons (Fsp3) is 0.556. The highest BCUT2D eigenvalue weighted by Crippen LogP contribution is 2.28. The van der Waals surface area contributed by atoms with Gasteiger partial charge in [0.05, 0.1) is 17.6 Å². The molecule has 0 radical (unpaired) electrons. The van der Waals surface area contributed by atoms with Crippen molar-refractivity contribution in [3.05, 3.63) is 33.9 Å². The van der Waals surface area contributed by atoms with Crippen molar-refractivity contribution >= 4 is 23.4 Å². The number of benzene rings is 1. The third-order valence-electron chi connectivity index (χ3n) is 4.05. The average molecular weight is 379 g/mol. The first kappa shape index (κ1) is 20.5. The van der Waals surface area contributed by atoms with Gasteiger partial charge in [0.15, 0.2) is 0 Å². The number of carbonyl (C=O) groups excluding carboxylic acids is 2. The van der Waals surface area contributed by atoms with Crippen LogP contribution < -0.4 is 5.32 Å². The number of hydrogen-bond donors (Lipinski definition) is 1. The van der Waals surface area contributed by atoms with Crippen LogP contribution in [0.15, 0.2) is 18.2 Å². The molecule has 148 valence electrons. The van der Waals surface area contributed by atoms with Crippen LogP contribution in [0.4, 0.5) is 16.2 Å². The number of anilines is 1. The fourth-order valence-corrected chi connectivity index (χ4v) is 2.86. The highest BCUT2D eigenvalue weighted by Gasteiger charge is 2.29. The first-order chi connectivity index (χ1) is 12.6. The summed E-state index contributed by atoms with van der Waals surface area (Å²) in [7, 11) is 1.22. The molecular weight excluding hydrogens is 354 g/mol. The number of likely N-dealkylation sites (tertiary alicyclic amines) is 1. The molecule has 1 saturated heterocycles. The Labute approximate surface area is 157 Å². The van der Waals surface area contributed by atoms with E-state index in [2.05, 4.69) is 10.1 Å². The summed E-state index contributed by atoms with van der Waals surface area (Å²) in [4.78, 5) is 36.3. The largest absolute Gasteiger partial charge is 0.465 e. The minimum Gasteiger partial charge on any atom is -0.465 e. The van der Waals surface area contributed by atoms with E-state index in [4.69, 9.17) is 4.74 Å². The van der Waals surface area contributed by atoms with E-state index in [0.29, 0.717) is 18.8 Å². The molecule has 1 atom stereocenters. The van der Waals surface area contributed by atoms with Crippen LogP contribution in [0, 0.1) is 10.1 Å². The number of esters is 1. The maximum Gasteiger partial charge on any atom is 0.410 e. The van der Waals surface area contributed by atoms with Crippen LogP contribution in [0.25, 0.3) is 0 Å². The van der Waals surface area contributed by atoms with Crippen molar-refractivity contribution < 1.29 is 24.0 Å². The molecule has 1 heterocycles. The van der Waals surface area contributed by atoms with Crippen LogP contribution in [0.2, 0.25) is 0 Å². The zero-order chi connectivity index (χ0) is 20.2. The Hall–Kier alpha value is -2.84. The standard InChI is InChI=1S/C18H25N3O6/c1-18(2,3)27-17(23)20-9-5-6-13(11-20)19-14-8-7-12(16(22)26-4)10-15(14)21(24)25/h7-8,10,13,19H,5-6,9,11H2,1-4H3. The van der Waals surface area contributed by atoms with Gasteiger partial charge in [0, 0.05) is 25.2 Å². The van der Waals surface area contributed by atoms with Crippen molar-refractivity contribution in [3.8, 4) is 0 Å². The first-order valence-electron chi connectivity index (χ1n) is 8.72. The molecule has 0 aromatic heterocycles. The fourth-order valence-electron chi connectivity index (χ4n) is 2.86. The Balaban J connectivity index is 2.13. The zero-order valence-corrected chi connectivity index (χ0v) is 16.0. The SMILES string of the molecule is COC(=O)c1ccc(NC2CCCN(C(=O)OC(C)(C)C)C2)c([N+](=O)[O-])c1. The van der Waals surface area contributed by atoms with E-state index in [1.807, 2.05) is 0 Å². The lowest BCUT2D eigenvalue weighted by molar-refractivity contribution is -0.384. The van der Waals surface area contributed by atoms with Gasteiger partial charge in [-0.1, -0.05) is 0 Å². The van der Waals surface area contributed by atoms with Crippen molar-refractivity contribution in [2.45, 2.75) is 45.3 Å². The lowest BCUT2D eigenvalue weighted by Crippen LogP contribution is -2.47. The lowest BCUT2D eigenvalue weighted by atomic mass is 10.0. The highest BCUT2D eigenvalue weighted by atomic mass is 16.6. The van der Waals surface area contributed by atoms with E-state index in [9.17, 15) is 19.7 Å². The Morgan fingerprint density at radius 3 is 2.63 bits per heavy atom. The molecule has 9 nitrogen and oxygen atoms in total. The summed E-state index contributed by atoms with van der Waals surface area (Å²) in [6.07, 6.45) is 1.12. The second-order valence-corrected chi connectivity index (χ2v) is 7.39. The summed E-state index contributed by atoms with van der Waals surface area (Å²) in [5.41, 5.74) is -0.398. The van der Waals surface area contributed by atoms with Gasteiger partial charge in [-0.05, 0) is 45.7 Å². The van der Waals surface area contributed by atoms with E-state index in [-0.39, 0.29) is 17.3 Å². The van der Waals surface area contributed by atoms with Gasteiger partial charge in [0.1, 0.15) is 11.3 Å². The smallest absolute Gasteiger partial charge is 0.410 e. The van der Waals surface area contributed by atoms with Crippen molar-refractivity contribution in [1.82, 2.24) is 4.90 Å². The number of amides is 1. The summed E-state index contributed by atoms with van der Waals surface area (Å²) in [5, 5.41) is 14.5. The predicted molar refractivity (Wildman–Crippen MR) is 98.9 cm³/mol. The number of rotatable bonds is 4. The van der Waals surface area contributed by atoms with E-state index < -0.39 is 22.6 Å². The number of nitrogens with one attached hydrogen (secondary N) is 1. The van der Waals surface area contributed by atoms with Crippen LogP contribution in [0.3, 0.4) is 0 Å². The molecule has 27 heavy (non-hydrogen) atoms. The summed E-state index contributed by atoms with van der Waals surface area (Å²) < 4.78 is 9.99. The average Bonchev–Trinajstić information content (AvgIpc) is 2.60. The topological polar surface area (TPSA) is 111 Å². The van der Waals surface area contributed by atoms with Gasteiger partial charge < -0.3 is 19.7 Å². The second kappa shape index (κ2) is 8.24. The predicted octanol–water partition coefficient (Wildman–Crippen LogP) is 3.19. The summed E-state index contributed by atoms with van der Waals surface area (Å²) in [5.74, 6) is -0.640. The van der Waals surface area contributed by atoms with Crippen LogP contribution in [-0.4, -0.2) is 53.7 Å². The number of nitro benzene ring substituents is 1. The number of nitro groups is 1. The third kappa shape index (κ3) is 5.57. The Morgan fingerprint density at radius 1 is 1.33 bits per heavy atom. The molecule has 1 aromatic carbocycles. The van der Waals surface area contributed by atoms with Crippen molar-refractivity contribution in [3.63, 3.8) is 0 Å². The number of methoxy groups -OCH3 is 1. The highest BCUT2D eigenvalue weighted by molar-refractivity contribution is 5.91. The second-order valence-electron chi connectivity index (χ2n) is 7.39. The monoisotopic (exact) mass is 379 g/mol. The van der Waals surface area contributed by atoms with Gasteiger partial charge in [-0.15, -0.1) is 0 Å².